The lowest BCUT2D eigenvalue weighted by atomic mass is 10.0. The Balaban J connectivity index is 2.52. The van der Waals surface area contributed by atoms with Crippen LogP contribution in [0.25, 0.3) is 0 Å². The molecule has 1 saturated heterocycles. The third-order valence-corrected chi connectivity index (χ3v) is 3.25. The summed E-state index contributed by atoms with van der Waals surface area (Å²) in [6.45, 7) is 2.82. The van der Waals surface area contributed by atoms with Crippen LogP contribution < -0.4 is 10.6 Å². The van der Waals surface area contributed by atoms with E-state index in [-0.39, 0.29) is 17.9 Å². The fraction of sp³-hybridized carbons (Fsp3) is 0.833. The molecular formula is C12H22N2O4. The average molecular weight is 258 g/mol. The Labute approximate surface area is 107 Å². The largest absolute Gasteiger partial charge is 0.480 e. The van der Waals surface area contributed by atoms with Crippen LogP contribution in [0.5, 0.6) is 0 Å². The van der Waals surface area contributed by atoms with Gasteiger partial charge in [0, 0.05) is 6.04 Å². The maximum atomic E-state index is 12.0. The Bertz CT molecular complexity index is 296. The minimum atomic E-state index is -0.975. The number of ether oxygens (including phenoxy) is 1. The lowest BCUT2D eigenvalue weighted by molar-refractivity contribution is -0.142. The van der Waals surface area contributed by atoms with Crippen LogP contribution in [0, 0.1) is 5.92 Å². The highest BCUT2D eigenvalue weighted by molar-refractivity contribution is 5.85. The predicted molar refractivity (Wildman–Crippen MR) is 66.2 cm³/mol. The number of carboxylic acids is 1. The third-order valence-electron chi connectivity index (χ3n) is 3.25. The molecule has 1 aliphatic rings. The number of likely N-dealkylation sites (N-methyl/N-ethyl adjacent to an activating group) is 1. The van der Waals surface area contributed by atoms with Gasteiger partial charge in [0.2, 0.25) is 5.91 Å². The van der Waals surface area contributed by atoms with Crippen molar-refractivity contribution in [2.45, 2.75) is 38.3 Å². The highest BCUT2D eigenvalue weighted by atomic mass is 16.5. The lowest BCUT2D eigenvalue weighted by Crippen LogP contribution is -2.48. The number of carbonyl (C=O) groups is 2. The first kappa shape index (κ1) is 14.9. The minimum absolute atomic E-state index is 0.0365. The van der Waals surface area contributed by atoms with E-state index in [1.807, 2.05) is 6.92 Å². The zero-order valence-corrected chi connectivity index (χ0v) is 10.9. The number of hydrogen-bond donors (Lipinski definition) is 3. The number of carboxylic acid groups (broad SMARTS) is 1. The predicted octanol–water partition coefficient (Wildman–Crippen LogP) is -0.0196. The Morgan fingerprint density at radius 2 is 2.17 bits per heavy atom. The van der Waals surface area contributed by atoms with Crippen molar-refractivity contribution >= 4 is 11.9 Å². The Morgan fingerprint density at radius 1 is 1.44 bits per heavy atom. The van der Waals surface area contributed by atoms with Crippen molar-refractivity contribution in [1.82, 2.24) is 10.6 Å². The van der Waals surface area contributed by atoms with Crippen LogP contribution >= 0.6 is 0 Å². The molecule has 1 aliphatic heterocycles. The Hall–Kier alpha value is -1.14. The van der Waals surface area contributed by atoms with E-state index < -0.39 is 12.0 Å². The first-order chi connectivity index (χ1) is 8.60. The van der Waals surface area contributed by atoms with Gasteiger partial charge < -0.3 is 20.5 Å². The van der Waals surface area contributed by atoms with Gasteiger partial charge in [-0.1, -0.05) is 19.8 Å². The molecule has 0 aromatic carbocycles. The van der Waals surface area contributed by atoms with Crippen LogP contribution in [0.4, 0.5) is 0 Å². The molecule has 1 fully saturated rings. The van der Waals surface area contributed by atoms with Gasteiger partial charge in [-0.25, -0.2) is 4.79 Å². The molecule has 1 heterocycles. The van der Waals surface area contributed by atoms with Gasteiger partial charge in [-0.3, -0.25) is 4.79 Å². The molecule has 18 heavy (non-hydrogen) atoms. The lowest BCUT2D eigenvalue weighted by Gasteiger charge is -2.20. The van der Waals surface area contributed by atoms with Gasteiger partial charge in [-0.15, -0.1) is 0 Å². The van der Waals surface area contributed by atoms with Crippen LogP contribution in [-0.4, -0.2) is 49.3 Å². The van der Waals surface area contributed by atoms with Crippen molar-refractivity contribution in [3.05, 3.63) is 0 Å². The van der Waals surface area contributed by atoms with E-state index in [0.29, 0.717) is 19.6 Å². The van der Waals surface area contributed by atoms with Crippen LogP contribution in [0.15, 0.2) is 0 Å². The Kier molecular flexibility index (Phi) is 6.07. The zero-order chi connectivity index (χ0) is 13.5. The van der Waals surface area contributed by atoms with Crippen molar-refractivity contribution in [2.24, 2.45) is 5.92 Å². The second kappa shape index (κ2) is 7.33. The van der Waals surface area contributed by atoms with Gasteiger partial charge >= 0.3 is 5.97 Å². The SMILES string of the molecule is CCCCC(NC(=O)C1COCC1NC)C(=O)O. The number of amides is 1. The first-order valence-corrected chi connectivity index (χ1v) is 6.38. The maximum Gasteiger partial charge on any atom is 0.326 e. The second-order valence-corrected chi connectivity index (χ2v) is 4.58. The molecule has 3 atom stereocenters. The van der Waals surface area contributed by atoms with Crippen molar-refractivity contribution in [3.63, 3.8) is 0 Å². The molecule has 6 heteroatoms. The van der Waals surface area contributed by atoms with Gasteiger partial charge in [-0.2, -0.15) is 0 Å². The molecule has 0 saturated carbocycles. The molecule has 1 rings (SSSR count). The molecular weight excluding hydrogens is 236 g/mol. The fourth-order valence-electron chi connectivity index (χ4n) is 2.04. The van der Waals surface area contributed by atoms with Crippen LogP contribution in [0.1, 0.15) is 26.2 Å². The zero-order valence-electron chi connectivity index (χ0n) is 10.9. The number of carbonyl (C=O) groups excluding carboxylic acids is 1. The molecule has 0 bridgehead atoms. The summed E-state index contributed by atoms with van der Waals surface area (Å²) >= 11 is 0. The number of rotatable bonds is 7. The molecule has 104 valence electrons. The van der Waals surface area contributed by atoms with Crippen LogP contribution in [-0.2, 0) is 14.3 Å². The summed E-state index contributed by atoms with van der Waals surface area (Å²) < 4.78 is 5.23. The van der Waals surface area contributed by atoms with Crippen LogP contribution in [0.2, 0.25) is 0 Å². The molecule has 0 aromatic heterocycles. The summed E-state index contributed by atoms with van der Waals surface area (Å²) in [6.07, 6.45) is 2.16. The number of aliphatic carboxylic acids is 1. The fourth-order valence-corrected chi connectivity index (χ4v) is 2.04. The molecule has 1 amide bonds. The van der Waals surface area contributed by atoms with E-state index in [1.54, 1.807) is 7.05 Å². The van der Waals surface area contributed by atoms with Gasteiger partial charge in [0.1, 0.15) is 6.04 Å². The standard InChI is InChI=1S/C12H22N2O4/c1-3-4-5-9(12(16)17)14-11(15)8-6-18-7-10(8)13-2/h8-10,13H,3-7H2,1-2H3,(H,14,15)(H,16,17). The second-order valence-electron chi connectivity index (χ2n) is 4.58. The summed E-state index contributed by atoms with van der Waals surface area (Å²) in [5, 5.41) is 14.7. The van der Waals surface area contributed by atoms with Gasteiger partial charge in [0.05, 0.1) is 19.1 Å². The van der Waals surface area contributed by atoms with E-state index in [2.05, 4.69) is 10.6 Å². The van der Waals surface area contributed by atoms with E-state index in [0.717, 1.165) is 12.8 Å². The molecule has 3 N–H and O–H groups in total. The quantitative estimate of drug-likeness (QED) is 0.597. The van der Waals surface area contributed by atoms with Crippen molar-refractivity contribution in [1.29, 1.82) is 0 Å². The van der Waals surface area contributed by atoms with Crippen molar-refractivity contribution < 1.29 is 19.4 Å². The topological polar surface area (TPSA) is 87.7 Å². The maximum absolute atomic E-state index is 12.0. The molecule has 0 spiro atoms. The minimum Gasteiger partial charge on any atom is -0.480 e. The van der Waals surface area contributed by atoms with Crippen molar-refractivity contribution in [3.8, 4) is 0 Å². The average Bonchev–Trinajstić information content (AvgIpc) is 2.82. The summed E-state index contributed by atoms with van der Waals surface area (Å²) in [6, 6.07) is -0.832. The van der Waals surface area contributed by atoms with E-state index in [9.17, 15) is 9.59 Å². The highest BCUT2D eigenvalue weighted by Crippen LogP contribution is 2.14. The molecule has 0 aliphatic carbocycles. The molecule has 3 unspecified atom stereocenters. The van der Waals surface area contributed by atoms with Gasteiger partial charge in [0.25, 0.3) is 0 Å². The van der Waals surface area contributed by atoms with Gasteiger partial charge in [-0.05, 0) is 13.5 Å². The Morgan fingerprint density at radius 3 is 2.72 bits per heavy atom. The summed E-state index contributed by atoms with van der Waals surface area (Å²) in [5.74, 6) is -1.52. The van der Waals surface area contributed by atoms with E-state index in [1.165, 1.54) is 0 Å². The number of nitrogens with one attached hydrogen (secondary N) is 2. The molecule has 6 nitrogen and oxygen atoms in total. The summed E-state index contributed by atoms with van der Waals surface area (Å²) in [7, 11) is 1.77. The molecule has 0 aromatic rings. The van der Waals surface area contributed by atoms with Crippen molar-refractivity contribution in [2.75, 3.05) is 20.3 Å². The van der Waals surface area contributed by atoms with E-state index >= 15 is 0 Å². The van der Waals surface area contributed by atoms with E-state index in [4.69, 9.17) is 9.84 Å². The number of unbranched alkanes of at least 4 members (excludes halogenated alkanes) is 1. The first-order valence-electron chi connectivity index (χ1n) is 6.38. The summed E-state index contributed by atoms with van der Waals surface area (Å²) in [4.78, 5) is 23.0. The highest BCUT2D eigenvalue weighted by Gasteiger charge is 2.34. The molecule has 0 radical (unpaired) electrons. The smallest absolute Gasteiger partial charge is 0.326 e. The third kappa shape index (κ3) is 3.96. The van der Waals surface area contributed by atoms with Crippen LogP contribution in [0.3, 0.4) is 0 Å². The van der Waals surface area contributed by atoms with Gasteiger partial charge in [0.15, 0.2) is 0 Å². The summed E-state index contributed by atoms with van der Waals surface area (Å²) in [5.41, 5.74) is 0. The monoisotopic (exact) mass is 258 g/mol. The normalized spacial score (nSPS) is 24.8. The number of hydrogen-bond acceptors (Lipinski definition) is 4.